The Bertz CT molecular complexity index is 896. The Balaban J connectivity index is 2.05. The van der Waals surface area contributed by atoms with Crippen LogP contribution >= 0.6 is 0 Å². The topological polar surface area (TPSA) is 78.5 Å². The van der Waals surface area contributed by atoms with Gasteiger partial charge >= 0.3 is 0 Å². The number of anilines is 1. The Morgan fingerprint density at radius 3 is 2.45 bits per heavy atom. The number of hydrogen-bond donors (Lipinski definition) is 2. The van der Waals surface area contributed by atoms with Gasteiger partial charge in [-0.2, -0.15) is 0 Å². The molecule has 7 heteroatoms. The summed E-state index contributed by atoms with van der Waals surface area (Å²) in [7, 11) is -1.80. The highest BCUT2D eigenvalue weighted by Crippen LogP contribution is 2.18. The highest BCUT2D eigenvalue weighted by Gasteiger charge is 2.16. The SMILES string of the molecule is CCCCc1ccc(NS(=O)(=O)c2cccc(C(=O)NCCN(C)CC)c2)cc1. The minimum atomic E-state index is -3.78. The van der Waals surface area contributed by atoms with Crippen LogP contribution in [0.2, 0.25) is 0 Å². The molecule has 0 atom stereocenters. The average Bonchev–Trinajstić information content (AvgIpc) is 2.73. The normalized spacial score (nSPS) is 11.4. The fourth-order valence-corrected chi connectivity index (χ4v) is 3.86. The molecule has 29 heavy (non-hydrogen) atoms. The third-order valence-corrected chi connectivity index (χ3v) is 6.13. The van der Waals surface area contributed by atoms with Gasteiger partial charge in [0.25, 0.3) is 15.9 Å². The number of sulfonamides is 1. The first kappa shape index (κ1) is 22.9. The number of benzene rings is 2. The maximum atomic E-state index is 12.7. The number of nitrogens with zero attached hydrogens (tertiary/aromatic N) is 1. The summed E-state index contributed by atoms with van der Waals surface area (Å²) in [6.45, 7) is 6.32. The quantitative estimate of drug-likeness (QED) is 0.586. The zero-order valence-corrected chi connectivity index (χ0v) is 18.3. The van der Waals surface area contributed by atoms with Crippen LogP contribution in [0.1, 0.15) is 42.6 Å². The first-order valence-electron chi connectivity index (χ1n) is 10.0. The van der Waals surface area contributed by atoms with Crippen molar-refractivity contribution in [3.8, 4) is 0 Å². The van der Waals surface area contributed by atoms with Crippen molar-refractivity contribution in [2.75, 3.05) is 31.4 Å². The maximum Gasteiger partial charge on any atom is 0.261 e. The van der Waals surface area contributed by atoms with Gasteiger partial charge in [-0.15, -0.1) is 0 Å². The number of carbonyl (C=O) groups excluding carboxylic acids is 1. The molecule has 0 fully saturated rings. The molecule has 0 unspecified atom stereocenters. The standard InChI is InChI=1S/C22H31N3O3S/c1-4-6-8-18-11-13-20(14-12-18)24-29(27,28)21-10-7-9-19(17-21)22(26)23-15-16-25(3)5-2/h7,9-14,17,24H,4-6,8,15-16H2,1-3H3,(H,23,26). The van der Waals surface area contributed by atoms with Gasteiger partial charge in [-0.25, -0.2) is 8.42 Å². The van der Waals surface area contributed by atoms with Crippen molar-refractivity contribution in [3.63, 3.8) is 0 Å². The molecule has 2 aromatic carbocycles. The summed E-state index contributed by atoms with van der Waals surface area (Å²) in [6.07, 6.45) is 3.21. The summed E-state index contributed by atoms with van der Waals surface area (Å²) in [5, 5.41) is 2.82. The van der Waals surface area contributed by atoms with Crippen LogP contribution in [0.15, 0.2) is 53.4 Å². The first-order chi connectivity index (χ1) is 13.9. The van der Waals surface area contributed by atoms with Crippen molar-refractivity contribution >= 4 is 21.6 Å². The number of likely N-dealkylation sites (N-methyl/N-ethyl adjacent to an activating group) is 1. The van der Waals surface area contributed by atoms with E-state index in [1.54, 1.807) is 24.3 Å². The summed E-state index contributed by atoms with van der Waals surface area (Å²) < 4.78 is 28.0. The van der Waals surface area contributed by atoms with E-state index in [9.17, 15) is 13.2 Å². The van der Waals surface area contributed by atoms with Crippen molar-refractivity contribution < 1.29 is 13.2 Å². The Kier molecular flexibility index (Phi) is 8.67. The predicted octanol–water partition coefficient (Wildman–Crippen LogP) is 3.51. The molecule has 0 aliphatic carbocycles. The third-order valence-electron chi connectivity index (χ3n) is 4.75. The molecule has 0 saturated heterocycles. The largest absolute Gasteiger partial charge is 0.351 e. The van der Waals surface area contributed by atoms with Gasteiger partial charge in [0.1, 0.15) is 0 Å². The van der Waals surface area contributed by atoms with Gasteiger partial charge in [-0.05, 0) is 62.3 Å². The van der Waals surface area contributed by atoms with Crippen molar-refractivity contribution in [1.29, 1.82) is 0 Å². The number of unbranched alkanes of at least 4 members (excludes halogenated alkanes) is 1. The van der Waals surface area contributed by atoms with E-state index in [0.29, 0.717) is 17.8 Å². The van der Waals surface area contributed by atoms with Crippen LogP contribution in [0.5, 0.6) is 0 Å². The lowest BCUT2D eigenvalue weighted by Gasteiger charge is -2.14. The molecule has 0 aromatic heterocycles. The minimum Gasteiger partial charge on any atom is -0.351 e. The second-order valence-corrected chi connectivity index (χ2v) is 8.77. The number of amides is 1. The fraction of sp³-hybridized carbons (Fsp3) is 0.409. The van der Waals surface area contributed by atoms with Crippen LogP contribution < -0.4 is 10.0 Å². The summed E-state index contributed by atoms with van der Waals surface area (Å²) in [5.74, 6) is -0.285. The van der Waals surface area contributed by atoms with Crippen molar-refractivity contribution in [2.45, 2.75) is 38.0 Å². The summed E-state index contributed by atoms with van der Waals surface area (Å²) >= 11 is 0. The molecule has 6 nitrogen and oxygen atoms in total. The molecule has 0 radical (unpaired) electrons. The van der Waals surface area contributed by atoms with Crippen LogP contribution in [-0.4, -0.2) is 45.9 Å². The maximum absolute atomic E-state index is 12.7. The summed E-state index contributed by atoms with van der Waals surface area (Å²) in [6, 6.07) is 13.5. The number of rotatable bonds is 11. The Morgan fingerprint density at radius 1 is 1.07 bits per heavy atom. The second-order valence-electron chi connectivity index (χ2n) is 7.09. The van der Waals surface area contributed by atoms with Crippen molar-refractivity contribution in [2.24, 2.45) is 0 Å². The first-order valence-corrected chi connectivity index (χ1v) is 11.5. The zero-order chi connectivity index (χ0) is 21.3. The van der Waals surface area contributed by atoms with E-state index in [0.717, 1.165) is 32.4 Å². The number of nitrogens with one attached hydrogen (secondary N) is 2. The molecule has 0 heterocycles. The van der Waals surface area contributed by atoms with Gasteiger partial charge in [0, 0.05) is 24.3 Å². The smallest absolute Gasteiger partial charge is 0.261 e. The van der Waals surface area contributed by atoms with Crippen molar-refractivity contribution in [1.82, 2.24) is 10.2 Å². The molecule has 0 aliphatic heterocycles. The average molecular weight is 418 g/mol. The lowest BCUT2D eigenvalue weighted by molar-refractivity contribution is 0.0950. The Hall–Kier alpha value is -2.38. The molecule has 0 bridgehead atoms. The number of carbonyl (C=O) groups is 1. The molecule has 0 aliphatic rings. The van der Waals surface area contributed by atoms with Crippen LogP contribution in [0.4, 0.5) is 5.69 Å². The van der Waals surface area contributed by atoms with E-state index in [-0.39, 0.29) is 10.8 Å². The fourth-order valence-electron chi connectivity index (χ4n) is 2.76. The highest BCUT2D eigenvalue weighted by molar-refractivity contribution is 7.92. The predicted molar refractivity (Wildman–Crippen MR) is 118 cm³/mol. The van der Waals surface area contributed by atoms with Gasteiger partial charge in [-0.1, -0.05) is 38.5 Å². The lowest BCUT2D eigenvalue weighted by Crippen LogP contribution is -2.32. The number of aryl methyl sites for hydroxylation is 1. The molecule has 2 rings (SSSR count). The van der Waals surface area contributed by atoms with Gasteiger partial charge < -0.3 is 10.2 Å². The third kappa shape index (κ3) is 7.18. The van der Waals surface area contributed by atoms with Gasteiger partial charge in [0.05, 0.1) is 4.90 Å². The van der Waals surface area contributed by atoms with E-state index in [2.05, 4.69) is 21.9 Å². The molecular weight excluding hydrogens is 386 g/mol. The van der Waals surface area contributed by atoms with Crippen LogP contribution in [0.25, 0.3) is 0 Å². The Morgan fingerprint density at radius 2 is 1.79 bits per heavy atom. The van der Waals surface area contributed by atoms with Crippen molar-refractivity contribution in [3.05, 3.63) is 59.7 Å². The molecule has 0 spiro atoms. The molecule has 2 N–H and O–H groups in total. The van der Waals surface area contributed by atoms with Crippen LogP contribution in [-0.2, 0) is 16.4 Å². The van der Waals surface area contributed by atoms with Gasteiger partial charge in [0.2, 0.25) is 0 Å². The van der Waals surface area contributed by atoms with Crippen LogP contribution in [0, 0.1) is 0 Å². The van der Waals surface area contributed by atoms with Gasteiger partial charge in [-0.3, -0.25) is 9.52 Å². The van der Waals surface area contributed by atoms with E-state index in [1.807, 2.05) is 26.1 Å². The minimum absolute atomic E-state index is 0.0610. The monoisotopic (exact) mass is 417 g/mol. The summed E-state index contributed by atoms with van der Waals surface area (Å²) in [4.78, 5) is 14.5. The number of hydrogen-bond acceptors (Lipinski definition) is 4. The zero-order valence-electron chi connectivity index (χ0n) is 17.4. The Labute approximate surface area is 174 Å². The van der Waals surface area contributed by atoms with E-state index < -0.39 is 10.0 Å². The van der Waals surface area contributed by atoms with Gasteiger partial charge in [0.15, 0.2) is 0 Å². The molecule has 158 valence electrons. The van der Waals surface area contributed by atoms with Crippen LogP contribution in [0.3, 0.4) is 0 Å². The molecule has 1 amide bonds. The second kappa shape index (κ2) is 11.0. The van der Waals surface area contributed by atoms with E-state index in [1.165, 1.54) is 17.7 Å². The summed E-state index contributed by atoms with van der Waals surface area (Å²) in [5.41, 5.74) is 2.01. The molecule has 0 saturated carbocycles. The molecular formula is C22H31N3O3S. The van der Waals surface area contributed by atoms with E-state index in [4.69, 9.17) is 0 Å². The lowest BCUT2D eigenvalue weighted by atomic mass is 10.1. The highest BCUT2D eigenvalue weighted by atomic mass is 32.2. The molecule has 2 aromatic rings. The van der Waals surface area contributed by atoms with E-state index >= 15 is 0 Å².